The van der Waals surface area contributed by atoms with Crippen LogP contribution < -0.4 is 5.73 Å². The van der Waals surface area contributed by atoms with Gasteiger partial charge in [0.1, 0.15) is 0 Å². The fraction of sp³-hybridized carbons (Fsp3) is 0.500. The Labute approximate surface area is 117 Å². The molecule has 1 aliphatic rings. The average Bonchev–Trinajstić information content (AvgIpc) is 3.00. The molecule has 1 aromatic carbocycles. The number of halogens is 1. The smallest absolute Gasteiger partial charge is 0.0911 e. The number of amidine groups is 1. The van der Waals surface area contributed by atoms with Crippen LogP contribution in [0.5, 0.6) is 0 Å². The zero-order valence-electron chi connectivity index (χ0n) is 10.7. The number of nitrogens with zero attached hydrogens (tertiary/aromatic N) is 1. The van der Waals surface area contributed by atoms with Crippen molar-refractivity contribution in [3.05, 3.63) is 34.3 Å². The van der Waals surface area contributed by atoms with E-state index < -0.39 is 0 Å². The van der Waals surface area contributed by atoms with Gasteiger partial charge in [-0.05, 0) is 43.0 Å². The maximum atomic E-state index is 7.43. The Morgan fingerprint density at radius 3 is 2.50 bits per heavy atom. The lowest BCUT2D eigenvalue weighted by Gasteiger charge is -2.23. The maximum absolute atomic E-state index is 7.43. The molecule has 1 fully saturated rings. The van der Waals surface area contributed by atoms with Crippen molar-refractivity contribution in [2.45, 2.75) is 25.8 Å². The van der Waals surface area contributed by atoms with Gasteiger partial charge in [0.2, 0.25) is 0 Å². The molecule has 3 nitrogen and oxygen atoms in total. The minimum absolute atomic E-state index is 0.288. The third kappa shape index (κ3) is 3.82. The Bertz CT molecular complexity index is 423. The lowest BCUT2D eigenvalue weighted by Crippen LogP contribution is -2.29. The molecule has 0 aromatic heterocycles. The van der Waals surface area contributed by atoms with Crippen molar-refractivity contribution in [1.29, 1.82) is 5.41 Å². The maximum Gasteiger partial charge on any atom is 0.0911 e. The number of nitrogens with one attached hydrogen (secondary N) is 1. The molecule has 2 rings (SSSR count). The first-order valence-electron chi connectivity index (χ1n) is 6.25. The largest absolute Gasteiger partial charge is 0.388 e. The summed E-state index contributed by atoms with van der Waals surface area (Å²) in [6.45, 7) is 1.98. The monoisotopic (exact) mass is 309 g/mol. The van der Waals surface area contributed by atoms with Crippen LogP contribution in [0, 0.1) is 10.8 Å². The summed E-state index contributed by atoms with van der Waals surface area (Å²) in [6.07, 6.45) is 3.16. The molecule has 0 saturated heterocycles. The van der Waals surface area contributed by atoms with E-state index >= 15 is 0 Å². The summed E-state index contributed by atoms with van der Waals surface area (Å²) in [5.41, 5.74) is 7.13. The summed E-state index contributed by atoms with van der Waals surface area (Å²) in [4.78, 5) is 2.33. The van der Waals surface area contributed by atoms with Crippen molar-refractivity contribution in [2.75, 3.05) is 13.6 Å². The molecule has 0 aliphatic heterocycles. The molecule has 1 saturated carbocycles. The van der Waals surface area contributed by atoms with Gasteiger partial charge < -0.3 is 10.6 Å². The van der Waals surface area contributed by atoms with E-state index in [1.54, 1.807) is 0 Å². The molecule has 18 heavy (non-hydrogen) atoms. The fourth-order valence-corrected chi connectivity index (χ4v) is 2.77. The molecule has 0 bridgehead atoms. The van der Waals surface area contributed by atoms with Crippen LogP contribution in [0.3, 0.4) is 0 Å². The van der Waals surface area contributed by atoms with E-state index in [2.05, 4.69) is 52.1 Å². The van der Waals surface area contributed by atoms with Crippen LogP contribution in [0.4, 0.5) is 0 Å². The molecule has 1 aliphatic carbocycles. The van der Waals surface area contributed by atoms with Gasteiger partial charge in [-0.25, -0.2) is 0 Å². The number of hydrogen-bond acceptors (Lipinski definition) is 2. The minimum Gasteiger partial charge on any atom is -0.388 e. The molecule has 0 radical (unpaired) electrons. The molecule has 0 spiro atoms. The van der Waals surface area contributed by atoms with Crippen LogP contribution in [0.2, 0.25) is 0 Å². The number of hydrogen-bond donors (Lipinski definition) is 2. The van der Waals surface area contributed by atoms with Crippen molar-refractivity contribution in [2.24, 2.45) is 11.1 Å². The second-order valence-corrected chi connectivity index (χ2v) is 6.42. The highest BCUT2D eigenvalue weighted by Gasteiger charge is 2.43. The van der Waals surface area contributed by atoms with Crippen molar-refractivity contribution in [3.8, 4) is 0 Å². The molecular formula is C14H20BrN3. The highest BCUT2D eigenvalue weighted by molar-refractivity contribution is 9.10. The van der Waals surface area contributed by atoms with Crippen molar-refractivity contribution < 1.29 is 0 Å². The van der Waals surface area contributed by atoms with Gasteiger partial charge in [-0.1, -0.05) is 28.1 Å². The summed E-state index contributed by atoms with van der Waals surface area (Å²) >= 11 is 3.45. The Hall–Kier alpha value is -0.870. The SMILES string of the molecule is CN(Cc1ccc(Br)cc1)CC1(CC(=N)N)CC1. The van der Waals surface area contributed by atoms with E-state index in [4.69, 9.17) is 11.1 Å². The van der Waals surface area contributed by atoms with Gasteiger partial charge >= 0.3 is 0 Å². The number of nitrogens with two attached hydrogens (primary N) is 1. The zero-order valence-corrected chi connectivity index (χ0v) is 12.3. The Balaban J connectivity index is 1.87. The molecule has 1 aromatic rings. The summed E-state index contributed by atoms with van der Waals surface area (Å²) in [6, 6.07) is 8.44. The van der Waals surface area contributed by atoms with E-state index in [0.717, 1.165) is 24.0 Å². The third-order valence-electron chi connectivity index (χ3n) is 3.49. The van der Waals surface area contributed by atoms with E-state index in [1.807, 2.05) is 0 Å². The first kappa shape index (κ1) is 13.6. The fourth-order valence-electron chi connectivity index (χ4n) is 2.50. The molecule has 0 unspecified atom stereocenters. The quantitative estimate of drug-likeness (QED) is 0.627. The minimum atomic E-state index is 0.288. The van der Waals surface area contributed by atoms with Crippen LogP contribution in [0.15, 0.2) is 28.7 Å². The second-order valence-electron chi connectivity index (χ2n) is 5.50. The van der Waals surface area contributed by atoms with Crippen LogP contribution in [-0.4, -0.2) is 24.3 Å². The zero-order chi connectivity index (χ0) is 13.2. The lowest BCUT2D eigenvalue weighted by atomic mass is 10.0. The Kier molecular flexibility index (Phi) is 4.07. The molecule has 0 amide bonds. The van der Waals surface area contributed by atoms with Gasteiger partial charge in [0, 0.05) is 24.0 Å². The second kappa shape index (κ2) is 5.41. The normalized spacial score (nSPS) is 16.8. The van der Waals surface area contributed by atoms with Crippen LogP contribution in [-0.2, 0) is 6.54 Å². The van der Waals surface area contributed by atoms with Crippen LogP contribution in [0.25, 0.3) is 0 Å². The highest BCUT2D eigenvalue weighted by atomic mass is 79.9. The first-order valence-corrected chi connectivity index (χ1v) is 7.04. The van der Waals surface area contributed by atoms with E-state index in [0.29, 0.717) is 5.84 Å². The topological polar surface area (TPSA) is 53.1 Å². The molecule has 3 N–H and O–H groups in total. The Morgan fingerprint density at radius 1 is 1.39 bits per heavy atom. The highest BCUT2D eigenvalue weighted by Crippen LogP contribution is 2.49. The predicted octanol–water partition coefficient (Wildman–Crippen LogP) is 2.99. The summed E-state index contributed by atoms with van der Waals surface area (Å²) in [5, 5.41) is 7.43. The Morgan fingerprint density at radius 2 is 2.00 bits per heavy atom. The van der Waals surface area contributed by atoms with Crippen LogP contribution in [0.1, 0.15) is 24.8 Å². The van der Waals surface area contributed by atoms with Crippen LogP contribution >= 0.6 is 15.9 Å². The summed E-state index contributed by atoms with van der Waals surface area (Å²) in [5.74, 6) is 0.324. The first-order chi connectivity index (χ1) is 8.49. The average molecular weight is 310 g/mol. The van der Waals surface area contributed by atoms with Crippen molar-refractivity contribution in [3.63, 3.8) is 0 Å². The summed E-state index contributed by atoms with van der Waals surface area (Å²) < 4.78 is 1.11. The van der Waals surface area contributed by atoms with E-state index in [9.17, 15) is 0 Å². The number of benzene rings is 1. The molecule has 4 heteroatoms. The van der Waals surface area contributed by atoms with Crippen molar-refractivity contribution >= 4 is 21.8 Å². The van der Waals surface area contributed by atoms with Gasteiger partial charge in [-0.2, -0.15) is 0 Å². The molecular weight excluding hydrogens is 290 g/mol. The summed E-state index contributed by atoms with van der Waals surface area (Å²) in [7, 11) is 2.14. The van der Waals surface area contributed by atoms with Gasteiger partial charge in [0.05, 0.1) is 5.84 Å². The molecule has 0 heterocycles. The predicted molar refractivity (Wildman–Crippen MR) is 78.7 cm³/mol. The van der Waals surface area contributed by atoms with Gasteiger partial charge in [-0.3, -0.25) is 5.41 Å². The van der Waals surface area contributed by atoms with E-state index in [1.165, 1.54) is 18.4 Å². The van der Waals surface area contributed by atoms with Gasteiger partial charge in [-0.15, -0.1) is 0 Å². The molecule has 0 atom stereocenters. The van der Waals surface area contributed by atoms with Gasteiger partial charge in [0.25, 0.3) is 0 Å². The van der Waals surface area contributed by atoms with Gasteiger partial charge in [0.15, 0.2) is 0 Å². The third-order valence-corrected chi connectivity index (χ3v) is 4.02. The standard InChI is InChI=1S/C14H20BrN3/c1-18(9-11-2-4-12(15)5-3-11)10-14(6-7-14)8-13(16)17/h2-5H,6-10H2,1H3,(H3,16,17). The number of rotatable bonds is 6. The van der Waals surface area contributed by atoms with E-state index in [-0.39, 0.29) is 5.41 Å². The molecule has 98 valence electrons. The van der Waals surface area contributed by atoms with Crippen molar-refractivity contribution in [1.82, 2.24) is 4.90 Å². The lowest BCUT2D eigenvalue weighted by molar-refractivity contribution is 0.259.